The van der Waals surface area contributed by atoms with Crippen LogP contribution >= 0.6 is 24.8 Å². The Kier molecular flexibility index (Phi) is 19.9. The highest BCUT2D eigenvalue weighted by molar-refractivity contribution is 5.85. The third-order valence-electron chi connectivity index (χ3n) is 2.40. The van der Waals surface area contributed by atoms with Gasteiger partial charge < -0.3 is 4.90 Å². The highest BCUT2D eigenvalue weighted by Gasteiger charge is 2.03. The highest BCUT2D eigenvalue weighted by atomic mass is 35.5. The second-order valence-electron chi connectivity index (χ2n) is 3.36. The van der Waals surface area contributed by atoms with Crippen LogP contribution in [-0.4, -0.2) is 49.1 Å². The lowest BCUT2D eigenvalue weighted by Gasteiger charge is -2.24. The molecular formula is C12H26Cl2N2. The predicted molar refractivity (Wildman–Crippen MR) is 79.1 cm³/mol. The molecule has 0 heterocycles. The molecule has 0 rings (SSSR count). The molecule has 0 saturated carbocycles. The van der Waals surface area contributed by atoms with E-state index in [-0.39, 0.29) is 24.8 Å². The number of rotatable bonds is 9. The standard InChI is InChI=1S/C12H24N2.2ClH/c1-5-9-14(10-6-2)12-11-13(7-3)8-4;;/h5-6H,1-2,7-12H2,3-4H3;2*1H. The SMILES string of the molecule is C=CCN(CC=C)CCN(CC)CC.Cl.Cl. The summed E-state index contributed by atoms with van der Waals surface area (Å²) >= 11 is 0. The molecule has 0 radical (unpaired) electrons. The van der Waals surface area contributed by atoms with Gasteiger partial charge in [-0.05, 0) is 13.1 Å². The fourth-order valence-electron chi connectivity index (χ4n) is 1.44. The van der Waals surface area contributed by atoms with Crippen LogP contribution in [-0.2, 0) is 0 Å². The van der Waals surface area contributed by atoms with Gasteiger partial charge in [0.15, 0.2) is 0 Å². The van der Waals surface area contributed by atoms with Crippen LogP contribution in [0.5, 0.6) is 0 Å². The molecule has 0 aromatic heterocycles. The van der Waals surface area contributed by atoms with Crippen LogP contribution in [0.25, 0.3) is 0 Å². The Bertz CT molecular complexity index is 149. The molecule has 0 aromatic carbocycles. The smallest absolute Gasteiger partial charge is 0.0164 e. The van der Waals surface area contributed by atoms with E-state index in [1.54, 1.807) is 0 Å². The van der Waals surface area contributed by atoms with E-state index < -0.39 is 0 Å². The van der Waals surface area contributed by atoms with Crippen molar-refractivity contribution in [2.75, 3.05) is 39.3 Å². The normalized spacial score (nSPS) is 9.50. The average Bonchev–Trinajstić information content (AvgIpc) is 2.20. The summed E-state index contributed by atoms with van der Waals surface area (Å²) < 4.78 is 0. The zero-order chi connectivity index (χ0) is 10.8. The molecule has 0 amide bonds. The second-order valence-corrected chi connectivity index (χ2v) is 3.36. The number of hydrogen-bond acceptors (Lipinski definition) is 2. The lowest BCUT2D eigenvalue weighted by atomic mass is 10.4. The molecule has 0 aliphatic heterocycles. The van der Waals surface area contributed by atoms with Crippen LogP contribution < -0.4 is 0 Å². The van der Waals surface area contributed by atoms with Crippen LogP contribution in [0.2, 0.25) is 0 Å². The highest BCUT2D eigenvalue weighted by Crippen LogP contribution is 1.92. The number of likely N-dealkylation sites (N-methyl/N-ethyl adjacent to an activating group) is 1. The van der Waals surface area contributed by atoms with Gasteiger partial charge in [-0.25, -0.2) is 0 Å². The van der Waals surface area contributed by atoms with Crippen molar-refractivity contribution in [1.82, 2.24) is 9.80 Å². The third kappa shape index (κ3) is 10.5. The Hall–Kier alpha value is -0.0200. The van der Waals surface area contributed by atoms with Gasteiger partial charge in [-0.2, -0.15) is 0 Å². The average molecular weight is 269 g/mol. The van der Waals surface area contributed by atoms with Gasteiger partial charge in [-0.15, -0.1) is 38.0 Å². The maximum atomic E-state index is 3.76. The molecule has 0 atom stereocenters. The molecule has 0 spiro atoms. The van der Waals surface area contributed by atoms with Crippen molar-refractivity contribution in [2.45, 2.75) is 13.8 Å². The summed E-state index contributed by atoms with van der Waals surface area (Å²) in [5.74, 6) is 0. The Morgan fingerprint density at radius 1 is 0.812 bits per heavy atom. The summed E-state index contributed by atoms with van der Waals surface area (Å²) in [7, 11) is 0. The minimum absolute atomic E-state index is 0. The molecule has 0 aromatic rings. The first-order chi connectivity index (χ1) is 6.78. The van der Waals surface area contributed by atoms with E-state index in [2.05, 4.69) is 36.8 Å². The fraction of sp³-hybridized carbons (Fsp3) is 0.667. The molecule has 2 nitrogen and oxygen atoms in total. The van der Waals surface area contributed by atoms with Gasteiger partial charge in [-0.1, -0.05) is 26.0 Å². The summed E-state index contributed by atoms with van der Waals surface area (Å²) in [4.78, 5) is 4.78. The van der Waals surface area contributed by atoms with Gasteiger partial charge >= 0.3 is 0 Å². The van der Waals surface area contributed by atoms with E-state index >= 15 is 0 Å². The van der Waals surface area contributed by atoms with Gasteiger partial charge in [0.2, 0.25) is 0 Å². The first-order valence-corrected chi connectivity index (χ1v) is 5.44. The van der Waals surface area contributed by atoms with Crippen LogP contribution in [0, 0.1) is 0 Å². The van der Waals surface area contributed by atoms with Crippen molar-refractivity contribution >= 4 is 24.8 Å². The molecule has 0 N–H and O–H groups in total. The van der Waals surface area contributed by atoms with Crippen molar-refractivity contribution in [3.63, 3.8) is 0 Å². The predicted octanol–water partition coefficient (Wildman–Crippen LogP) is 2.85. The van der Waals surface area contributed by atoms with Gasteiger partial charge in [0.1, 0.15) is 0 Å². The summed E-state index contributed by atoms with van der Waals surface area (Å²) in [6.07, 6.45) is 3.90. The molecule has 98 valence electrons. The molecular weight excluding hydrogens is 243 g/mol. The van der Waals surface area contributed by atoms with Gasteiger partial charge in [0.25, 0.3) is 0 Å². The second kappa shape index (κ2) is 15.0. The molecule has 0 aliphatic carbocycles. The van der Waals surface area contributed by atoms with Crippen molar-refractivity contribution in [2.24, 2.45) is 0 Å². The summed E-state index contributed by atoms with van der Waals surface area (Å²) in [5, 5.41) is 0. The van der Waals surface area contributed by atoms with E-state index in [0.717, 1.165) is 39.3 Å². The summed E-state index contributed by atoms with van der Waals surface area (Å²) in [6.45, 7) is 18.3. The monoisotopic (exact) mass is 268 g/mol. The van der Waals surface area contributed by atoms with Gasteiger partial charge in [0.05, 0.1) is 0 Å². The Labute approximate surface area is 113 Å². The lowest BCUT2D eigenvalue weighted by molar-refractivity contribution is 0.240. The van der Waals surface area contributed by atoms with Crippen molar-refractivity contribution < 1.29 is 0 Å². The van der Waals surface area contributed by atoms with Crippen LogP contribution in [0.3, 0.4) is 0 Å². The molecule has 0 saturated heterocycles. The van der Waals surface area contributed by atoms with Crippen molar-refractivity contribution in [3.05, 3.63) is 25.3 Å². The Morgan fingerprint density at radius 2 is 1.19 bits per heavy atom. The zero-order valence-corrected chi connectivity index (χ0v) is 12.2. The van der Waals surface area contributed by atoms with Gasteiger partial charge in [-0.3, -0.25) is 4.90 Å². The molecule has 0 bridgehead atoms. The lowest BCUT2D eigenvalue weighted by Crippen LogP contribution is -2.35. The first kappa shape index (κ1) is 21.3. The van der Waals surface area contributed by atoms with Crippen LogP contribution in [0.4, 0.5) is 0 Å². The van der Waals surface area contributed by atoms with Crippen LogP contribution in [0.1, 0.15) is 13.8 Å². The van der Waals surface area contributed by atoms with E-state index in [1.807, 2.05) is 12.2 Å². The summed E-state index contributed by atoms with van der Waals surface area (Å²) in [5.41, 5.74) is 0. The van der Waals surface area contributed by atoms with E-state index in [9.17, 15) is 0 Å². The molecule has 0 unspecified atom stereocenters. The number of nitrogens with zero attached hydrogens (tertiary/aromatic N) is 2. The minimum Gasteiger partial charge on any atom is -0.303 e. The van der Waals surface area contributed by atoms with E-state index in [0.29, 0.717) is 0 Å². The zero-order valence-electron chi connectivity index (χ0n) is 10.5. The minimum atomic E-state index is 0. The molecule has 0 aliphatic rings. The quantitative estimate of drug-likeness (QED) is 0.594. The summed E-state index contributed by atoms with van der Waals surface area (Å²) in [6, 6.07) is 0. The van der Waals surface area contributed by atoms with E-state index in [4.69, 9.17) is 0 Å². The van der Waals surface area contributed by atoms with Gasteiger partial charge in [0, 0.05) is 26.2 Å². The Balaban J connectivity index is -0.000000845. The third-order valence-corrected chi connectivity index (χ3v) is 2.40. The molecule has 4 heteroatoms. The number of hydrogen-bond donors (Lipinski definition) is 0. The van der Waals surface area contributed by atoms with Crippen molar-refractivity contribution in [1.29, 1.82) is 0 Å². The van der Waals surface area contributed by atoms with Crippen LogP contribution in [0.15, 0.2) is 25.3 Å². The fourth-order valence-corrected chi connectivity index (χ4v) is 1.44. The first-order valence-electron chi connectivity index (χ1n) is 5.44. The van der Waals surface area contributed by atoms with Crippen molar-refractivity contribution in [3.8, 4) is 0 Å². The Morgan fingerprint density at radius 3 is 1.50 bits per heavy atom. The molecule has 16 heavy (non-hydrogen) atoms. The maximum absolute atomic E-state index is 3.76. The topological polar surface area (TPSA) is 6.48 Å². The maximum Gasteiger partial charge on any atom is 0.0164 e. The van der Waals surface area contributed by atoms with E-state index in [1.165, 1.54) is 0 Å². The molecule has 0 fully saturated rings. The largest absolute Gasteiger partial charge is 0.303 e. The number of halogens is 2.